The average Bonchev–Trinajstić information content (AvgIpc) is 2.61. The second-order valence-electron chi connectivity index (χ2n) is 7.35. The molecule has 0 unspecified atom stereocenters. The fourth-order valence-corrected chi connectivity index (χ4v) is 4.65. The first-order valence-corrected chi connectivity index (χ1v) is 12.7. The van der Waals surface area contributed by atoms with Gasteiger partial charge in [-0.1, -0.05) is 116 Å². The van der Waals surface area contributed by atoms with Gasteiger partial charge >= 0.3 is 9.28 Å². The first-order valence-electron chi connectivity index (χ1n) is 10.9. The number of hydrogen-bond acceptors (Lipinski definition) is 2. The van der Waals surface area contributed by atoms with E-state index in [1.54, 1.807) is 14.2 Å². The van der Waals surface area contributed by atoms with Crippen LogP contribution in [0.5, 0.6) is 0 Å². The van der Waals surface area contributed by atoms with Crippen LogP contribution >= 0.6 is 0 Å². The van der Waals surface area contributed by atoms with Crippen molar-refractivity contribution < 1.29 is 8.85 Å². The minimum atomic E-state index is -1.29. The number of unbranched alkanes of at least 4 members (excludes halogenated alkanes) is 16. The van der Waals surface area contributed by atoms with Crippen LogP contribution in [0.3, 0.4) is 0 Å². The van der Waals surface area contributed by atoms with Crippen molar-refractivity contribution in [3.8, 4) is 0 Å². The smallest absolute Gasteiger partial charge is 0.320 e. The van der Waals surface area contributed by atoms with Crippen LogP contribution in [-0.4, -0.2) is 23.5 Å². The van der Waals surface area contributed by atoms with Gasteiger partial charge in [0, 0.05) is 14.2 Å². The Labute approximate surface area is 154 Å². The van der Waals surface area contributed by atoms with E-state index >= 15 is 0 Å². The van der Waals surface area contributed by atoms with Gasteiger partial charge in [0.05, 0.1) is 0 Å². The third-order valence-corrected chi connectivity index (χ3v) is 7.00. The predicted molar refractivity (Wildman–Crippen MR) is 110 cm³/mol. The molecule has 146 valence electrons. The van der Waals surface area contributed by atoms with Crippen molar-refractivity contribution in [2.45, 2.75) is 122 Å². The molecule has 24 heavy (non-hydrogen) atoms. The third kappa shape index (κ3) is 18.5. The molecule has 0 atom stereocenters. The maximum absolute atomic E-state index is 5.35. The maximum Gasteiger partial charge on any atom is 0.320 e. The van der Waals surface area contributed by atoms with Crippen LogP contribution in [0.15, 0.2) is 0 Å². The van der Waals surface area contributed by atoms with Gasteiger partial charge in [0.1, 0.15) is 0 Å². The van der Waals surface area contributed by atoms with Crippen LogP contribution in [0.2, 0.25) is 6.04 Å². The van der Waals surface area contributed by atoms with E-state index in [9.17, 15) is 0 Å². The normalized spacial score (nSPS) is 11.5. The molecule has 0 aliphatic rings. The lowest BCUT2D eigenvalue weighted by molar-refractivity contribution is 0.276. The summed E-state index contributed by atoms with van der Waals surface area (Å²) in [6.45, 7) is 2.29. The molecule has 0 heterocycles. The van der Waals surface area contributed by atoms with E-state index in [0.717, 1.165) is 0 Å². The molecule has 3 heteroatoms. The number of hydrogen-bond donors (Lipinski definition) is 0. The summed E-state index contributed by atoms with van der Waals surface area (Å²) in [7, 11) is 2.28. The highest BCUT2D eigenvalue weighted by Gasteiger charge is 2.07. The topological polar surface area (TPSA) is 18.5 Å². The second-order valence-corrected chi connectivity index (χ2v) is 9.73. The summed E-state index contributed by atoms with van der Waals surface area (Å²) in [6.07, 6.45) is 24.3. The molecular formula is C21H46O2Si. The Morgan fingerprint density at radius 2 is 0.750 bits per heavy atom. The average molecular weight is 359 g/mol. The summed E-state index contributed by atoms with van der Waals surface area (Å²) in [5.74, 6) is 0. The highest BCUT2D eigenvalue weighted by molar-refractivity contribution is 6.44. The Bertz CT molecular complexity index is 220. The maximum atomic E-state index is 5.35. The van der Waals surface area contributed by atoms with E-state index < -0.39 is 9.28 Å². The third-order valence-electron chi connectivity index (χ3n) is 5.07. The summed E-state index contributed by atoms with van der Waals surface area (Å²) in [5, 5.41) is 0. The van der Waals surface area contributed by atoms with Gasteiger partial charge in [-0.25, -0.2) is 0 Å². The molecule has 0 bridgehead atoms. The summed E-state index contributed by atoms with van der Waals surface area (Å²) in [5.41, 5.74) is 0. The van der Waals surface area contributed by atoms with Crippen molar-refractivity contribution in [2.75, 3.05) is 14.2 Å². The molecule has 0 saturated heterocycles. The van der Waals surface area contributed by atoms with Crippen LogP contribution < -0.4 is 0 Å². The van der Waals surface area contributed by atoms with Gasteiger partial charge in [-0.2, -0.15) is 0 Å². The highest BCUT2D eigenvalue weighted by atomic mass is 28.3. The lowest BCUT2D eigenvalue weighted by Crippen LogP contribution is -2.18. The molecule has 0 saturated carbocycles. The zero-order valence-electron chi connectivity index (χ0n) is 17.1. The Morgan fingerprint density at radius 3 is 1.04 bits per heavy atom. The fourth-order valence-electron chi connectivity index (χ4n) is 3.37. The molecule has 0 fully saturated rings. The van der Waals surface area contributed by atoms with Crippen molar-refractivity contribution in [2.24, 2.45) is 0 Å². The minimum Gasteiger partial charge on any atom is -0.400 e. The van der Waals surface area contributed by atoms with E-state index in [1.165, 1.54) is 115 Å². The first kappa shape index (κ1) is 24.1. The van der Waals surface area contributed by atoms with Crippen LogP contribution in [0.1, 0.15) is 116 Å². The molecule has 0 rings (SSSR count). The monoisotopic (exact) mass is 358 g/mol. The summed E-state index contributed by atoms with van der Waals surface area (Å²) >= 11 is 0. The molecule has 0 radical (unpaired) electrons. The quantitative estimate of drug-likeness (QED) is 0.170. The van der Waals surface area contributed by atoms with Gasteiger partial charge in [0.2, 0.25) is 0 Å². The van der Waals surface area contributed by atoms with Crippen molar-refractivity contribution in [1.82, 2.24) is 0 Å². The lowest BCUT2D eigenvalue weighted by atomic mass is 10.0. The fraction of sp³-hybridized carbons (Fsp3) is 1.00. The standard InChI is InChI=1S/C21H46O2Si/c1-4-5-6-7-8-9-10-11-12-13-14-15-16-17-18-19-20-21-24(22-2)23-3/h24H,4-21H2,1-3H3. The summed E-state index contributed by atoms with van der Waals surface area (Å²) in [4.78, 5) is 0. The predicted octanol–water partition coefficient (Wildman–Crippen LogP) is 7.15. The van der Waals surface area contributed by atoms with Crippen LogP contribution in [0.25, 0.3) is 0 Å². The zero-order valence-corrected chi connectivity index (χ0v) is 18.3. The van der Waals surface area contributed by atoms with Gasteiger partial charge in [0.15, 0.2) is 0 Å². The Hall–Kier alpha value is 0.137. The Kier molecular flexibility index (Phi) is 21.3. The van der Waals surface area contributed by atoms with E-state index in [0.29, 0.717) is 0 Å². The van der Waals surface area contributed by atoms with Crippen molar-refractivity contribution in [1.29, 1.82) is 0 Å². The van der Waals surface area contributed by atoms with Gasteiger partial charge in [-0.05, 0) is 6.04 Å². The first-order chi connectivity index (χ1) is 11.8. The molecule has 0 aromatic carbocycles. The van der Waals surface area contributed by atoms with Crippen LogP contribution in [-0.2, 0) is 8.85 Å². The molecule has 0 N–H and O–H groups in total. The Morgan fingerprint density at radius 1 is 0.458 bits per heavy atom. The van der Waals surface area contributed by atoms with Crippen LogP contribution in [0.4, 0.5) is 0 Å². The van der Waals surface area contributed by atoms with Gasteiger partial charge in [-0.15, -0.1) is 0 Å². The summed E-state index contributed by atoms with van der Waals surface area (Å²) in [6, 6.07) is 1.17. The van der Waals surface area contributed by atoms with E-state index in [1.807, 2.05) is 0 Å². The molecule has 0 aromatic heterocycles. The number of rotatable bonds is 20. The van der Waals surface area contributed by atoms with Gasteiger partial charge in [0.25, 0.3) is 0 Å². The van der Waals surface area contributed by atoms with Gasteiger partial charge in [-0.3, -0.25) is 0 Å². The van der Waals surface area contributed by atoms with Crippen LogP contribution in [0, 0.1) is 0 Å². The van der Waals surface area contributed by atoms with E-state index in [2.05, 4.69) is 6.92 Å². The lowest BCUT2D eigenvalue weighted by Gasteiger charge is -2.10. The molecular weight excluding hydrogens is 312 g/mol. The minimum absolute atomic E-state index is 1.17. The van der Waals surface area contributed by atoms with E-state index in [-0.39, 0.29) is 0 Å². The summed E-state index contributed by atoms with van der Waals surface area (Å²) < 4.78 is 10.7. The molecule has 0 spiro atoms. The van der Waals surface area contributed by atoms with Gasteiger partial charge < -0.3 is 8.85 Å². The molecule has 0 aliphatic heterocycles. The zero-order chi connectivity index (χ0) is 17.7. The van der Waals surface area contributed by atoms with Crippen molar-refractivity contribution in [3.63, 3.8) is 0 Å². The highest BCUT2D eigenvalue weighted by Crippen LogP contribution is 2.14. The second kappa shape index (κ2) is 21.2. The SMILES string of the molecule is CCCCCCCCCCCCCCCCCCC[SiH](OC)OC. The van der Waals surface area contributed by atoms with Crippen molar-refractivity contribution in [3.05, 3.63) is 0 Å². The largest absolute Gasteiger partial charge is 0.400 e. The molecule has 0 aromatic rings. The molecule has 0 aliphatic carbocycles. The Balaban J connectivity index is 3.03. The van der Waals surface area contributed by atoms with E-state index in [4.69, 9.17) is 8.85 Å². The van der Waals surface area contributed by atoms with Crippen molar-refractivity contribution >= 4 is 9.28 Å². The molecule has 0 amide bonds. The molecule has 2 nitrogen and oxygen atoms in total.